The minimum atomic E-state index is -0.170. The zero-order valence-electron chi connectivity index (χ0n) is 14.6. The molecular formula is C18H25FN6. The van der Waals surface area contributed by atoms with Gasteiger partial charge in [-0.1, -0.05) is 12.1 Å². The molecule has 2 N–H and O–H groups in total. The molecular weight excluding hydrogens is 319 g/mol. The normalized spacial score (nSPS) is 16.2. The standard InChI is InChI=1S/C18H25FN6/c1-20-18(21-9-3-5-14-4-2-6-16(19)12-14)25-10-7-15(8-11-25)17-22-13-23-24-17/h2,4,6,12-13,15H,3,5,7-11H2,1H3,(H,20,21)(H,22,23,24). The third-order valence-corrected chi connectivity index (χ3v) is 4.64. The number of guanidine groups is 1. The number of halogens is 1. The molecule has 1 aliphatic rings. The average molecular weight is 344 g/mol. The first-order valence-corrected chi connectivity index (χ1v) is 8.81. The Morgan fingerprint density at radius 1 is 1.40 bits per heavy atom. The molecule has 0 spiro atoms. The zero-order chi connectivity index (χ0) is 17.5. The number of aromatic nitrogens is 3. The van der Waals surface area contributed by atoms with Crippen LogP contribution in [0.1, 0.15) is 36.6 Å². The Hall–Kier alpha value is -2.44. The van der Waals surface area contributed by atoms with Gasteiger partial charge < -0.3 is 10.2 Å². The molecule has 134 valence electrons. The van der Waals surface area contributed by atoms with Crippen molar-refractivity contribution in [3.05, 3.63) is 47.8 Å². The summed E-state index contributed by atoms with van der Waals surface area (Å²) in [5.41, 5.74) is 1.03. The fraction of sp³-hybridized carbons (Fsp3) is 0.500. The van der Waals surface area contributed by atoms with Crippen molar-refractivity contribution in [2.75, 3.05) is 26.7 Å². The second-order valence-electron chi connectivity index (χ2n) is 6.34. The van der Waals surface area contributed by atoms with Gasteiger partial charge in [-0.2, -0.15) is 5.10 Å². The van der Waals surface area contributed by atoms with Gasteiger partial charge in [0.05, 0.1) is 0 Å². The highest BCUT2D eigenvalue weighted by Crippen LogP contribution is 2.24. The Bertz CT molecular complexity index is 677. The first kappa shape index (κ1) is 17.4. The number of rotatable bonds is 5. The molecule has 6 nitrogen and oxygen atoms in total. The van der Waals surface area contributed by atoms with Gasteiger partial charge in [0.1, 0.15) is 18.0 Å². The van der Waals surface area contributed by atoms with E-state index in [1.54, 1.807) is 18.5 Å². The van der Waals surface area contributed by atoms with Crippen molar-refractivity contribution in [1.82, 2.24) is 25.4 Å². The van der Waals surface area contributed by atoms with Crippen LogP contribution in [0.3, 0.4) is 0 Å². The first-order valence-electron chi connectivity index (χ1n) is 8.81. The molecule has 3 rings (SSSR count). The Balaban J connectivity index is 1.41. The summed E-state index contributed by atoms with van der Waals surface area (Å²) in [6, 6.07) is 6.80. The van der Waals surface area contributed by atoms with E-state index in [2.05, 4.69) is 30.4 Å². The summed E-state index contributed by atoms with van der Waals surface area (Å²) >= 11 is 0. The maximum absolute atomic E-state index is 13.2. The van der Waals surface area contributed by atoms with E-state index in [1.807, 2.05) is 13.1 Å². The molecule has 1 aromatic carbocycles. The second kappa shape index (κ2) is 8.60. The van der Waals surface area contributed by atoms with Gasteiger partial charge in [-0.15, -0.1) is 0 Å². The van der Waals surface area contributed by atoms with E-state index >= 15 is 0 Å². The monoisotopic (exact) mass is 344 g/mol. The van der Waals surface area contributed by atoms with E-state index in [0.717, 1.165) is 62.7 Å². The van der Waals surface area contributed by atoms with Crippen LogP contribution in [0.2, 0.25) is 0 Å². The van der Waals surface area contributed by atoms with E-state index in [4.69, 9.17) is 0 Å². The van der Waals surface area contributed by atoms with Gasteiger partial charge in [0.15, 0.2) is 5.96 Å². The molecule has 1 aliphatic heterocycles. The van der Waals surface area contributed by atoms with Crippen LogP contribution in [0.25, 0.3) is 0 Å². The molecule has 0 bridgehead atoms. The number of aromatic amines is 1. The number of hydrogen-bond acceptors (Lipinski definition) is 3. The number of piperidine rings is 1. The van der Waals surface area contributed by atoms with E-state index in [9.17, 15) is 4.39 Å². The highest BCUT2D eigenvalue weighted by atomic mass is 19.1. The third-order valence-electron chi connectivity index (χ3n) is 4.64. The van der Waals surface area contributed by atoms with Crippen LogP contribution in [-0.4, -0.2) is 52.7 Å². The lowest BCUT2D eigenvalue weighted by Gasteiger charge is -2.33. The topological polar surface area (TPSA) is 69.2 Å². The first-order chi connectivity index (χ1) is 12.3. The third kappa shape index (κ3) is 4.78. The van der Waals surface area contributed by atoms with E-state index in [1.165, 1.54) is 6.07 Å². The molecule has 0 atom stereocenters. The van der Waals surface area contributed by atoms with Crippen molar-refractivity contribution in [2.45, 2.75) is 31.6 Å². The number of benzene rings is 1. The number of hydrogen-bond donors (Lipinski definition) is 2. The van der Waals surface area contributed by atoms with Gasteiger partial charge in [-0.25, -0.2) is 9.37 Å². The largest absolute Gasteiger partial charge is 0.356 e. The number of nitrogens with zero attached hydrogens (tertiary/aromatic N) is 4. The van der Waals surface area contributed by atoms with Crippen LogP contribution in [0.5, 0.6) is 0 Å². The van der Waals surface area contributed by atoms with Crippen molar-refractivity contribution in [2.24, 2.45) is 4.99 Å². The van der Waals surface area contributed by atoms with Gasteiger partial charge in [-0.05, 0) is 43.4 Å². The van der Waals surface area contributed by atoms with Crippen molar-refractivity contribution >= 4 is 5.96 Å². The Morgan fingerprint density at radius 2 is 2.24 bits per heavy atom. The number of nitrogens with one attached hydrogen (secondary N) is 2. The molecule has 2 aromatic rings. The summed E-state index contributed by atoms with van der Waals surface area (Å²) in [6.45, 7) is 2.73. The van der Waals surface area contributed by atoms with Gasteiger partial charge in [-0.3, -0.25) is 10.1 Å². The van der Waals surface area contributed by atoms with E-state index in [-0.39, 0.29) is 5.82 Å². The van der Waals surface area contributed by atoms with Gasteiger partial charge in [0, 0.05) is 32.6 Å². The molecule has 7 heteroatoms. The maximum atomic E-state index is 13.2. The Labute approximate surface area is 147 Å². The summed E-state index contributed by atoms with van der Waals surface area (Å²) in [6.07, 6.45) is 5.45. The van der Waals surface area contributed by atoms with Gasteiger partial charge >= 0.3 is 0 Å². The number of aliphatic imine (C=N–C) groups is 1. The summed E-state index contributed by atoms with van der Waals surface area (Å²) in [4.78, 5) is 10.9. The molecule has 0 radical (unpaired) electrons. The number of aryl methyl sites for hydroxylation is 1. The van der Waals surface area contributed by atoms with E-state index in [0.29, 0.717) is 5.92 Å². The van der Waals surface area contributed by atoms with Gasteiger partial charge in [0.2, 0.25) is 0 Å². The van der Waals surface area contributed by atoms with Crippen LogP contribution < -0.4 is 5.32 Å². The van der Waals surface area contributed by atoms with Crippen molar-refractivity contribution in [1.29, 1.82) is 0 Å². The van der Waals surface area contributed by atoms with Crippen LogP contribution in [0, 0.1) is 5.82 Å². The fourth-order valence-electron chi connectivity index (χ4n) is 3.29. The highest BCUT2D eigenvalue weighted by Gasteiger charge is 2.24. The van der Waals surface area contributed by atoms with Gasteiger partial charge in [0.25, 0.3) is 0 Å². The van der Waals surface area contributed by atoms with Crippen molar-refractivity contribution < 1.29 is 4.39 Å². The van der Waals surface area contributed by atoms with E-state index < -0.39 is 0 Å². The highest BCUT2D eigenvalue weighted by molar-refractivity contribution is 5.79. The van der Waals surface area contributed by atoms with Crippen LogP contribution >= 0.6 is 0 Å². The predicted molar refractivity (Wildman–Crippen MR) is 96.0 cm³/mol. The molecule has 1 aromatic heterocycles. The average Bonchev–Trinajstić information content (AvgIpc) is 3.17. The summed E-state index contributed by atoms with van der Waals surface area (Å²) in [5.74, 6) is 2.20. The Morgan fingerprint density at radius 3 is 2.92 bits per heavy atom. The Kier molecular flexibility index (Phi) is 5.98. The lowest BCUT2D eigenvalue weighted by atomic mass is 9.96. The van der Waals surface area contributed by atoms with Crippen LogP contribution in [-0.2, 0) is 6.42 Å². The minimum Gasteiger partial charge on any atom is -0.356 e. The lowest BCUT2D eigenvalue weighted by Crippen LogP contribution is -2.45. The molecule has 2 heterocycles. The molecule has 0 amide bonds. The molecule has 0 unspecified atom stereocenters. The van der Waals surface area contributed by atoms with Crippen molar-refractivity contribution in [3.63, 3.8) is 0 Å². The maximum Gasteiger partial charge on any atom is 0.193 e. The molecule has 0 aliphatic carbocycles. The SMILES string of the molecule is CN=C(NCCCc1cccc(F)c1)N1CCC(c2ncn[nH]2)CC1. The molecule has 1 saturated heterocycles. The van der Waals surface area contributed by atoms with Crippen LogP contribution in [0.4, 0.5) is 4.39 Å². The fourth-order valence-corrected chi connectivity index (χ4v) is 3.29. The summed E-state index contributed by atoms with van der Waals surface area (Å²) < 4.78 is 13.2. The zero-order valence-corrected chi connectivity index (χ0v) is 14.6. The van der Waals surface area contributed by atoms with Crippen LogP contribution in [0.15, 0.2) is 35.6 Å². The quantitative estimate of drug-likeness (QED) is 0.496. The van der Waals surface area contributed by atoms with Crippen molar-refractivity contribution in [3.8, 4) is 0 Å². The predicted octanol–water partition coefficient (Wildman–Crippen LogP) is 2.33. The minimum absolute atomic E-state index is 0.170. The molecule has 1 fully saturated rings. The molecule has 25 heavy (non-hydrogen) atoms. The smallest absolute Gasteiger partial charge is 0.193 e. The molecule has 0 saturated carbocycles. The summed E-state index contributed by atoms with van der Waals surface area (Å²) in [7, 11) is 1.82. The number of likely N-dealkylation sites (tertiary alicyclic amines) is 1. The summed E-state index contributed by atoms with van der Waals surface area (Å²) in [5, 5.41) is 10.3. The number of H-pyrrole nitrogens is 1. The lowest BCUT2D eigenvalue weighted by molar-refractivity contribution is 0.299. The second-order valence-corrected chi connectivity index (χ2v) is 6.34.